The Hall–Kier alpha value is -3.17. The van der Waals surface area contributed by atoms with E-state index >= 15 is 0 Å². The molecule has 1 aromatic heterocycles. The van der Waals surface area contributed by atoms with Gasteiger partial charge in [-0.1, -0.05) is 29.8 Å². The zero-order chi connectivity index (χ0) is 23.4. The Morgan fingerprint density at radius 3 is 2.25 bits per heavy atom. The van der Waals surface area contributed by atoms with Crippen LogP contribution in [0.5, 0.6) is 0 Å². The minimum atomic E-state index is -5.08. The second-order valence-electron chi connectivity index (χ2n) is 8.08. The maximum Gasteiger partial charge on any atom is 0.490 e. The van der Waals surface area contributed by atoms with Crippen molar-refractivity contribution in [2.24, 2.45) is 5.41 Å². The number of rotatable bonds is 3. The molecule has 2 aliphatic rings. The van der Waals surface area contributed by atoms with Crippen LogP contribution in [0.15, 0.2) is 42.7 Å². The van der Waals surface area contributed by atoms with Crippen LogP contribution in [0.3, 0.4) is 0 Å². The molecule has 172 valence electrons. The topological polar surface area (TPSA) is 86.6 Å². The van der Waals surface area contributed by atoms with Gasteiger partial charge in [-0.25, -0.2) is 14.8 Å². The summed E-state index contributed by atoms with van der Waals surface area (Å²) in [5.41, 5.74) is 2.30. The molecule has 1 amide bonds. The number of aliphatic carboxylic acids is 1. The van der Waals surface area contributed by atoms with Gasteiger partial charge in [0.2, 0.25) is 11.9 Å². The summed E-state index contributed by atoms with van der Waals surface area (Å²) >= 11 is 0. The van der Waals surface area contributed by atoms with Crippen LogP contribution in [0.25, 0.3) is 0 Å². The number of benzene rings is 1. The number of carbonyl (C=O) groups is 2. The number of carboxylic acid groups (broad SMARTS) is 1. The maximum absolute atomic E-state index is 13.1. The number of halogens is 3. The molecule has 1 N–H and O–H groups in total. The van der Waals surface area contributed by atoms with Crippen LogP contribution in [-0.2, 0) is 16.1 Å². The van der Waals surface area contributed by atoms with Gasteiger partial charge in [0.1, 0.15) is 0 Å². The van der Waals surface area contributed by atoms with Crippen LogP contribution in [0, 0.1) is 12.3 Å². The number of aromatic nitrogens is 2. The molecule has 0 saturated carbocycles. The van der Waals surface area contributed by atoms with Crippen molar-refractivity contribution in [1.29, 1.82) is 0 Å². The fraction of sp³-hybridized carbons (Fsp3) is 0.455. The molecule has 10 heteroatoms. The van der Waals surface area contributed by atoms with Gasteiger partial charge in [-0.3, -0.25) is 4.79 Å². The van der Waals surface area contributed by atoms with Gasteiger partial charge in [-0.2, -0.15) is 13.2 Å². The minimum absolute atomic E-state index is 0.172. The van der Waals surface area contributed by atoms with Crippen LogP contribution in [0.2, 0.25) is 0 Å². The van der Waals surface area contributed by atoms with Gasteiger partial charge >= 0.3 is 12.1 Å². The summed E-state index contributed by atoms with van der Waals surface area (Å²) in [6.07, 6.45) is 1.23. The van der Waals surface area contributed by atoms with Crippen LogP contribution in [0.4, 0.5) is 19.1 Å². The standard InChI is InChI=1S/C20H24N4O.C2HF3O2/c1-16-4-2-5-17(14-16)15-24-13-8-20(18(24)25)6-11-23(12-7-20)19-21-9-3-10-22-19;3-2(4,5)1(6)7/h2-5,9-10,14H,6-8,11-13,15H2,1H3;(H,6,7). The lowest BCUT2D eigenvalue weighted by Crippen LogP contribution is -2.45. The number of anilines is 1. The summed E-state index contributed by atoms with van der Waals surface area (Å²) in [5.74, 6) is -1.64. The van der Waals surface area contributed by atoms with Gasteiger partial charge in [-0.15, -0.1) is 0 Å². The molecular weight excluding hydrogens is 425 g/mol. The van der Waals surface area contributed by atoms with Gasteiger partial charge in [0.05, 0.1) is 5.41 Å². The molecule has 0 aliphatic carbocycles. The molecule has 0 radical (unpaired) electrons. The molecule has 1 aromatic carbocycles. The number of carbonyl (C=O) groups excluding carboxylic acids is 1. The quantitative estimate of drug-likeness (QED) is 0.771. The first kappa shape index (κ1) is 23.5. The normalized spacial score (nSPS) is 17.8. The highest BCUT2D eigenvalue weighted by Crippen LogP contribution is 2.42. The number of aryl methyl sites for hydroxylation is 1. The summed E-state index contributed by atoms with van der Waals surface area (Å²) < 4.78 is 31.7. The summed E-state index contributed by atoms with van der Waals surface area (Å²) in [5, 5.41) is 7.12. The van der Waals surface area contributed by atoms with Crippen molar-refractivity contribution < 1.29 is 27.9 Å². The van der Waals surface area contributed by atoms with Gasteiger partial charge in [0.25, 0.3) is 0 Å². The maximum atomic E-state index is 13.1. The third kappa shape index (κ3) is 5.54. The zero-order valence-electron chi connectivity index (χ0n) is 17.7. The van der Waals surface area contributed by atoms with Crippen molar-refractivity contribution >= 4 is 17.8 Å². The molecule has 32 heavy (non-hydrogen) atoms. The molecule has 3 heterocycles. The lowest BCUT2D eigenvalue weighted by Gasteiger charge is -2.37. The lowest BCUT2D eigenvalue weighted by molar-refractivity contribution is -0.192. The van der Waals surface area contributed by atoms with E-state index in [0.29, 0.717) is 5.91 Å². The van der Waals surface area contributed by atoms with Crippen molar-refractivity contribution in [3.8, 4) is 0 Å². The van der Waals surface area contributed by atoms with Crippen molar-refractivity contribution in [2.75, 3.05) is 24.5 Å². The highest BCUT2D eigenvalue weighted by atomic mass is 19.4. The first-order chi connectivity index (χ1) is 15.1. The van der Waals surface area contributed by atoms with Gasteiger partial charge in [0.15, 0.2) is 0 Å². The highest BCUT2D eigenvalue weighted by Gasteiger charge is 2.48. The van der Waals surface area contributed by atoms with Crippen molar-refractivity contribution in [3.63, 3.8) is 0 Å². The number of likely N-dealkylation sites (tertiary alicyclic amines) is 1. The highest BCUT2D eigenvalue weighted by molar-refractivity contribution is 5.85. The van der Waals surface area contributed by atoms with Crippen molar-refractivity contribution in [2.45, 2.75) is 38.9 Å². The minimum Gasteiger partial charge on any atom is -0.475 e. The summed E-state index contributed by atoms with van der Waals surface area (Å²) in [6.45, 7) is 5.41. The Morgan fingerprint density at radius 1 is 1.09 bits per heavy atom. The SMILES string of the molecule is Cc1cccc(CN2CCC3(CCN(c4ncccn4)CC3)C2=O)c1.O=C(O)C(F)(F)F. The van der Waals surface area contributed by atoms with Gasteiger partial charge < -0.3 is 14.9 Å². The molecule has 2 aliphatic heterocycles. The van der Waals surface area contributed by atoms with E-state index in [9.17, 15) is 18.0 Å². The monoisotopic (exact) mass is 450 g/mol. The molecule has 2 saturated heterocycles. The molecule has 1 spiro atoms. The van der Waals surface area contributed by atoms with E-state index in [0.717, 1.165) is 51.4 Å². The number of hydrogen-bond donors (Lipinski definition) is 1. The largest absolute Gasteiger partial charge is 0.490 e. The molecule has 2 fully saturated rings. The number of nitrogens with zero attached hydrogens (tertiary/aromatic N) is 4. The third-order valence-corrected chi connectivity index (χ3v) is 5.86. The second-order valence-corrected chi connectivity index (χ2v) is 8.08. The number of carboxylic acids is 1. The third-order valence-electron chi connectivity index (χ3n) is 5.86. The molecule has 7 nitrogen and oxygen atoms in total. The van der Waals surface area contributed by atoms with Crippen LogP contribution in [-0.4, -0.2) is 57.7 Å². The van der Waals surface area contributed by atoms with E-state index < -0.39 is 12.1 Å². The van der Waals surface area contributed by atoms with E-state index in [-0.39, 0.29) is 5.41 Å². The van der Waals surface area contributed by atoms with E-state index in [2.05, 4.69) is 46.1 Å². The molecule has 0 bridgehead atoms. The Kier molecular flexibility index (Phi) is 7.00. The van der Waals surface area contributed by atoms with Gasteiger partial charge in [-0.05, 0) is 37.8 Å². The van der Waals surface area contributed by atoms with E-state index in [1.807, 2.05) is 11.0 Å². The summed E-state index contributed by atoms with van der Waals surface area (Å²) in [4.78, 5) is 34.9. The Bertz CT molecular complexity index is 945. The average molecular weight is 450 g/mol. The zero-order valence-corrected chi connectivity index (χ0v) is 17.7. The fourth-order valence-corrected chi connectivity index (χ4v) is 4.13. The van der Waals surface area contributed by atoms with Crippen LogP contribution in [0.1, 0.15) is 30.4 Å². The van der Waals surface area contributed by atoms with E-state index in [1.54, 1.807) is 12.4 Å². The summed E-state index contributed by atoms with van der Waals surface area (Å²) in [6, 6.07) is 10.3. The Labute approximate surface area is 183 Å². The predicted molar refractivity (Wildman–Crippen MR) is 111 cm³/mol. The van der Waals surface area contributed by atoms with E-state index in [1.165, 1.54) is 11.1 Å². The predicted octanol–water partition coefficient (Wildman–Crippen LogP) is 3.44. The fourth-order valence-electron chi connectivity index (χ4n) is 4.13. The number of amides is 1. The van der Waals surface area contributed by atoms with Gasteiger partial charge in [0, 0.05) is 38.6 Å². The molecule has 0 atom stereocenters. The molecular formula is C22H25F3N4O3. The van der Waals surface area contributed by atoms with Crippen LogP contribution >= 0.6 is 0 Å². The number of hydrogen-bond acceptors (Lipinski definition) is 5. The first-order valence-corrected chi connectivity index (χ1v) is 10.3. The second kappa shape index (κ2) is 9.54. The molecule has 0 unspecified atom stereocenters. The Morgan fingerprint density at radius 2 is 1.69 bits per heavy atom. The van der Waals surface area contributed by atoms with Crippen molar-refractivity contribution in [1.82, 2.24) is 14.9 Å². The Balaban J connectivity index is 0.000000360. The molecule has 4 rings (SSSR count). The number of piperidine rings is 1. The average Bonchev–Trinajstić information content (AvgIpc) is 3.04. The van der Waals surface area contributed by atoms with E-state index in [4.69, 9.17) is 9.90 Å². The number of alkyl halides is 3. The molecule has 2 aromatic rings. The summed E-state index contributed by atoms with van der Waals surface area (Å²) in [7, 11) is 0. The van der Waals surface area contributed by atoms with Crippen molar-refractivity contribution in [3.05, 3.63) is 53.9 Å². The van der Waals surface area contributed by atoms with Crippen LogP contribution < -0.4 is 4.90 Å². The smallest absolute Gasteiger partial charge is 0.475 e. The lowest BCUT2D eigenvalue weighted by atomic mass is 9.77. The first-order valence-electron chi connectivity index (χ1n) is 10.3.